The highest BCUT2D eigenvalue weighted by Gasteiger charge is 2.24. The fraction of sp³-hybridized carbons (Fsp3) is 0.417. The van der Waals surface area contributed by atoms with Gasteiger partial charge in [-0.15, -0.1) is 12.4 Å². The van der Waals surface area contributed by atoms with Crippen LogP contribution in [0.15, 0.2) is 18.2 Å². The highest BCUT2D eigenvalue weighted by atomic mass is 35.5. The van der Waals surface area contributed by atoms with Crippen molar-refractivity contribution in [3.8, 4) is 0 Å². The van der Waals surface area contributed by atoms with Gasteiger partial charge in [-0.1, -0.05) is 6.07 Å². The van der Waals surface area contributed by atoms with Gasteiger partial charge in [-0.25, -0.2) is 0 Å². The minimum Gasteiger partial charge on any atom is -0.399 e. The van der Waals surface area contributed by atoms with Crippen molar-refractivity contribution < 1.29 is 4.79 Å². The van der Waals surface area contributed by atoms with E-state index in [9.17, 15) is 4.79 Å². The average Bonchev–Trinajstić information content (AvgIpc) is 2.95. The molecule has 2 rings (SSSR count). The van der Waals surface area contributed by atoms with Crippen LogP contribution in [-0.2, 0) is 4.79 Å². The molecule has 1 aliphatic rings. The van der Waals surface area contributed by atoms with Crippen LogP contribution in [0.1, 0.15) is 24.8 Å². The SMILES string of the molecule is Cc1ccc(N)cc1NC(=O)CC1CC1.Cl. The van der Waals surface area contributed by atoms with E-state index >= 15 is 0 Å². The number of anilines is 2. The summed E-state index contributed by atoms with van der Waals surface area (Å²) in [4.78, 5) is 11.6. The second-order valence-corrected chi connectivity index (χ2v) is 4.27. The molecule has 0 aliphatic heterocycles. The minimum absolute atomic E-state index is 0. The van der Waals surface area contributed by atoms with E-state index in [2.05, 4.69) is 5.32 Å². The van der Waals surface area contributed by atoms with Crippen LogP contribution < -0.4 is 11.1 Å². The van der Waals surface area contributed by atoms with Gasteiger partial charge in [0.2, 0.25) is 5.91 Å². The zero-order chi connectivity index (χ0) is 10.8. The number of aryl methyl sites for hydroxylation is 1. The van der Waals surface area contributed by atoms with Crippen molar-refractivity contribution in [3.63, 3.8) is 0 Å². The summed E-state index contributed by atoms with van der Waals surface area (Å²) >= 11 is 0. The van der Waals surface area contributed by atoms with Crippen molar-refractivity contribution >= 4 is 29.7 Å². The van der Waals surface area contributed by atoms with E-state index in [1.165, 1.54) is 12.8 Å². The Morgan fingerprint density at radius 1 is 1.50 bits per heavy atom. The Kier molecular flexibility index (Phi) is 4.19. The molecule has 0 aromatic heterocycles. The third kappa shape index (κ3) is 3.42. The van der Waals surface area contributed by atoms with Gasteiger partial charge in [0, 0.05) is 17.8 Å². The summed E-state index contributed by atoms with van der Waals surface area (Å²) in [6.07, 6.45) is 3.04. The highest BCUT2D eigenvalue weighted by Crippen LogP contribution is 2.32. The summed E-state index contributed by atoms with van der Waals surface area (Å²) in [5.74, 6) is 0.720. The number of halogens is 1. The van der Waals surface area contributed by atoms with Crippen LogP contribution in [0.3, 0.4) is 0 Å². The Morgan fingerprint density at radius 2 is 2.19 bits per heavy atom. The van der Waals surface area contributed by atoms with Crippen molar-refractivity contribution in [2.75, 3.05) is 11.1 Å². The first-order valence-corrected chi connectivity index (χ1v) is 5.31. The zero-order valence-corrected chi connectivity index (χ0v) is 10.1. The number of nitrogens with two attached hydrogens (primary N) is 1. The number of nitrogens with one attached hydrogen (secondary N) is 1. The maximum absolute atomic E-state index is 11.6. The van der Waals surface area contributed by atoms with Crippen molar-refractivity contribution in [3.05, 3.63) is 23.8 Å². The lowest BCUT2D eigenvalue weighted by Crippen LogP contribution is -2.13. The summed E-state index contributed by atoms with van der Waals surface area (Å²) in [7, 11) is 0. The van der Waals surface area contributed by atoms with Crippen LogP contribution in [0, 0.1) is 12.8 Å². The molecule has 3 nitrogen and oxygen atoms in total. The number of nitrogen functional groups attached to an aromatic ring is 1. The Morgan fingerprint density at radius 3 is 2.81 bits per heavy atom. The molecule has 0 unspecified atom stereocenters. The summed E-state index contributed by atoms with van der Waals surface area (Å²) in [6, 6.07) is 5.56. The molecule has 16 heavy (non-hydrogen) atoms. The normalized spacial score (nSPS) is 14.1. The molecule has 1 saturated carbocycles. The Hall–Kier alpha value is -1.22. The van der Waals surface area contributed by atoms with Crippen molar-refractivity contribution in [1.82, 2.24) is 0 Å². The van der Waals surface area contributed by atoms with Crippen molar-refractivity contribution in [2.45, 2.75) is 26.2 Å². The first kappa shape index (κ1) is 12.8. The van der Waals surface area contributed by atoms with E-state index in [4.69, 9.17) is 5.73 Å². The Bertz CT molecular complexity index is 389. The number of hydrogen-bond donors (Lipinski definition) is 2. The van der Waals surface area contributed by atoms with Gasteiger partial charge >= 0.3 is 0 Å². The van der Waals surface area contributed by atoms with E-state index in [0.717, 1.165) is 11.3 Å². The first-order valence-electron chi connectivity index (χ1n) is 5.31. The predicted octanol–water partition coefficient (Wildman–Crippen LogP) is 2.74. The molecular formula is C12H17ClN2O. The summed E-state index contributed by atoms with van der Waals surface area (Å²) in [6.45, 7) is 1.96. The summed E-state index contributed by atoms with van der Waals surface area (Å²) in [5, 5.41) is 2.90. The second kappa shape index (κ2) is 5.21. The van der Waals surface area contributed by atoms with E-state index in [1.54, 1.807) is 6.07 Å². The van der Waals surface area contributed by atoms with Crippen LogP contribution in [0.5, 0.6) is 0 Å². The van der Waals surface area contributed by atoms with Gasteiger partial charge in [-0.05, 0) is 43.4 Å². The van der Waals surface area contributed by atoms with Crippen LogP contribution in [0.25, 0.3) is 0 Å². The molecule has 4 heteroatoms. The number of benzene rings is 1. The van der Waals surface area contributed by atoms with Gasteiger partial charge in [0.25, 0.3) is 0 Å². The Balaban J connectivity index is 0.00000128. The van der Waals surface area contributed by atoms with E-state index < -0.39 is 0 Å². The molecular weight excluding hydrogens is 224 g/mol. The molecule has 0 spiro atoms. The monoisotopic (exact) mass is 240 g/mol. The van der Waals surface area contributed by atoms with Crippen LogP contribution >= 0.6 is 12.4 Å². The number of carbonyl (C=O) groups is 1. The lowest BCUT2D eigenvalue weighted by atomic mass is 10.1. The summed E-state index contributed by atoms with van der Waals surface area (Å²) < 4.78 is 0. The van der Waals surface area contributed by atoms with E-state index in [0.29, 0.717) is 18.0 Å². The maximum Gasteiger partial charge on any atom is 0.224 e. The smallest absolute Gasteiger partial charge is 0.224 e. The molecule has 1 aromatic rings. The third-order valence-corrected chi connectivity index (χ3v) is 2.71. The fourth-order valence-corrected chi connectivity index (χ4v) is 1.56. The molecule has 3 N–H and O–H groups in total. The quantitative estimate of drug-likeness (QED) is 0.799. The van der Waals surface area contributed by atoms with Gasteiger partial charge < -0.3 is 11.1 Å². The fourth-order valence-electron chi connectivity index (χ4n) is 1.56. The van der Waals surface area contributed by atoms with Crippen molar-refractivity contribution in [1.29, 1.82) is 0 Å². The standard InChI is InChI=1S/C12H16N2O.ClH/c1-8-2-5-10(13)7-11(8)14-12(15)6-9-3-4-9;/h2,5,7,9H,3-4,6,13H2,1H3,(H,14,15);1H. The lowest BCUT2D eigenvalue weighted by molar-refractivity contribution is -0.116. The van der Waals surface area contributed by atoms with Crippen molar-refractivity contribution in [2.24, 2.45) is 5.92 Å². The molecule has 1 amide bonds. The molecule has 1 fully saturated rings. The number of amides is 1. The molecule has 1 aliphatic carbocycles. The number of carbonyl (C=O) groups excluding carboxylic acids is 1. The molecule has 0 saturated heterocycles. The Labute approximate surface area is 102 Å². The lowest BCUT2D eigenvalue weighted by Gasteiger charge is -2.08. The topological polar surface area (TPSA) is 55.1 Å². The predicted molar refractivity (Wildman–Crippen MR) is 68.8 cm³/mol. The summed E-state index contributed by atoms with van der Waals surface area (Å²) in [5.41, 5.74) is 8.23. The number of rotatable bonds is 3. The van der Waals surface area contributed by atoms with Gasteiger partial charge in [-0.3, -0.25) is 4.79 Å². The zero-order valence-electron chi connectivity index (χ0n) is 9.32. The highest BCUT2D eigenvalue weighted by molar-refractivity contribution is 5.92. The van der Waals surface area contributed by atoms with Crippen LogP contribution in [0.2, 0.25) is 0 Å². The average molecular weight is 241 g/mol. The molecule has 0 radical (unpaired) electrons. The minimum atomic E-state index is 0. The van der Waals surface area contributed by atoms with Gasteiger partial charge in [0.15, 0.2) is 0 Å². The van der Waals surface area contributed by atoms with Gasteiger partial charge in [0.05, 0.1) is 0 Å². The van der Waals surface area contributed by atoms with Gasteiger partial charge in [0.1, 0.15) is 0 Å². The van der Waals surface area contributed by atoms with Crippen LogP contribution in [0.4, 0.5) is 11.4 Å². The molecule has 1 aromatic carbocycles. The first-order chi connectivity index (χ1) is 7.15. The second-order valence-electron chi connectivity index (χ2n) is 4.27. The maximum atomic E-state index is 11.6. The van der Waals surface area contributed by atoms with E-state index in [-0.39, 0.29) is 18.3 Å². The molecule has 0 heterocycles. The van der Waals surface area contributed by atoms with Crippen LogP contribution in [-0.4, -0.2) is 5.91 Å². The largest absolute Gasteiger partial charge is 0.399 e. The number of hydrogen-bond acceptors (Lipinski definition) is 2. The van der Waals surface area contributed by atoms with Gasteiger partial charge in [-0.2, -0.15) is 0 Å². The molecule has 88 valence electrons. The molecule has 0 bridgehead atoms. The molecule has 0 atom stereocenters. The van der Waals surface area contributed by atoms with E-state index in [1.807, 2.05) is 19.1 Å². The third-order valence-electron chi connectivity index (χ3n) is 2.71.